The first kappa shape index (κ1) is 12.3. The molecule has 0 amide bonds. The van der Waals surface area contributed by atoms with E-state index in [4.69, 9.17) is 23.2 Å². The fourth-order valence-electron chi connectivity index (χ4n) is 1.85. The van der Waals surface area contributed by atoms with Crippen molar-refractivity contribution in [2.45, 2.75) is 49.5 Å². The number of carbonyl (C=O) groups excluding carboxylic acids is 1. The molecular weight excluding hydrogens is 223 g/mol. The summed E-state index contributed by atoms with van der Waals surface area (Å²) in [5, 5.41) is 9.14. The lowest BCUT2D eigenvalue weighted by Gasteiger charge is -2.41. The van der Waals surface area contributed by atoms with Crippen molar-refractivity contribution in [1.29, 1.82) is 0 Å². The smallest absolute Gasteiger partial charge is 0.153 e. The zero-order valence-corrected chi connectivity index (χ0v) is 10.2. The van der Waals surface area contributed by atoms with Gasteiger partial charge in [-0.3, -0.25) is 4.79 Å². The van der Waals surface area contributed by atoms with Crippen molar-refractivity contribution >= 4 is 29.0 Å². The SMILES string of the molecule is CC(C)(Cl)C1CC(=O)C(Cl)C(C)(O)C1. The first-order valence-corrected chi connectivity index (χ1v) is 5.54. The van der Waals surface area contributed by atoms with Gasteiger partial charge in [-0.25, -0.2) is 0 Å². The highest BCUT2D eigenvalue weighted by Crippen LogP contribution is 2.41. The predicted molar refractivity (Wildman–Crippen MR) is 57.9 cm³/mol. The maximum atomic E-state index is 11.5. The van der Waals surface area contributed by atoms with Gasteiger partial charge in [-0.2, -0.15) is 0 Å². The topological polar surface area (TPSA) is 37.3 Å². The average Bonchev–Trinajstić information content (AvgIpc) is 1.97. The Hall–Kier alpha value is 0.210. The number of halogens is 2. The third-order valence-corrected chi connectivity index (χ3v) is 3.93. The third-order valence-electron chi connectivity index (χ3n) is 2.91. The quantitative estimate of drug-likeness (QED) is 0.713. The minimum Gasteiger partial charge on any atom is -0.388 e. The fraction of sp³-hybridized carbons (Fsp3) is 0.900. The van der Waals surface area contributed by atoms with Crippen molar-refractivity contribution in [2.24, 2.45) is 5.92 Å². The van der Waals surface area contributed by atoms with Crippen LogP contribution < -0.4 is 0 Å². The van der Waals surface area contributed by atoms with Crippen LogP contribution in [0.3, 0.4) is 0 Å². The van der Waals surface area contributed by atoms with E-state index in [0.717, 1.165) is 0 Å². The summed E-state index contributed by atoms with van der Waals surface area (Å²) in [7, 11) is 0. The summed E-state index contributed by atoms with van der Waals surface area (Å²) in [6, 6.07) is 0. The Balaban J connectivity index is 2.85. The highest BCUT2D eigenvalue weighted by atomic mass is 35.5. The van der Waals surface area contributed by atoms with E-state index < -0.39 is 15.9 Å². The molecule has 0 saturated heterocycles. The largest absolute Gasteiger partial charge is 0.388 e. The summed E-state index contributed by atoms with van der Waals surface area (Å²) in [5.41, 5.74) is -1.13. The normalized spacial score (nSPS) is 40.0. The minimum atomic E-state index is -1.13. The number of carbonyl (C=O) groups is 1. The van der Waals surface area contributed by atoms with Gasteiger partial charge < -0.3 is 5.11 Å². The molecule has 4 heteroatoms. The van der Waals surface area contributed by atoms with Crippen LogP contribution in [-0.2, 0) is 4.79 Å². The van der Waals surface area contributed by atoms with Gasteiger partial charge in [0.25, 0.3) is 0 Å². The van der Waals surface area contributed by atoms with Crippen LogP contribution in [0.1, 0.15) is 33.6 Å². The number of hydrogen-bond donors (Lipinski definition) is 1. The molecule has 1 N–H and O–H groups in total. The lowest BCUT2D eigenvalue weighted by molar-refractivity contribution is -0.129. The van der Waals surface area contributed by atoms with Gasteiger partial charge >= 0.3 is 0 Å². The number of Topliss-reactive ketones (excluding diaryl/α,β-unsaturated/α-hetero) is 1. The van der Waals surface area contributed by atoms with E-state index in [1.807, 2.05) is 13.8 Å². The van der Waals surface area contributed by atoms with E-state index in [1.165, 1.54) is 0 Å². The van der Waals surface area contributed by atoms with Crippen LogP contribution in [0.15, 0.2) is 0 Å². The number of aliphatic hydroxyl groups is 1. The molecule has 14 heavy (non-hydrogen) atoms. The maximum Gasteiger partial charge on any atom is 0.153 e. The Kier molecular flexibility index (Phi) is 3.21. The molecule has 0 spiro atoms. The molecule has 0 aromatic carbocycles. The average molecular weight is 239 g/mol. The standard InChI is InChI=1S/C10H16Cl2O2/c1-9(2,12)6-4-7(13)8(11)10(3,14)5-6/h6,8,14H,4-5H2,1-3H3. The molecule has 1 aliphatic carbocycles. The van der Waals surface area contributed by atoms with E-state index in [1.54, 1.807) is 6.92 Å². The Bertz CT molecular complexity index is 243. The summed E-state index contributed by atoms with van der Waals surface area (Å²) < 4.78 is 0. The Morgan fingerprint density at radius 1 is 1.57 bits per heavy atom. The molecule has 82 valence electrons. The monoisotopic (exact) mass is 238 g/mol. The first-order valence-electron chi connectivity index (χ1n) is 4.72. The van der Waals surface area contributed by atoms with Crippen LogP contribution in [0.4, 0.5) is 0 Å². The lowest BCUT2D eigenvalue weighted by atomic mass is 9.73. The molecule has 2 nitrogen and oxygen atoms in total. The second kappa shape index (κ2) is 3.66. The lowest BCUT2D eigenvalue weighted by Crippen LogP contribution is -2.50. The van der Waals surface area contributed by atoms with Gasteiger partial charge in [0.05, 0.1) is 5.60 Å². The summed E-state index contributed by atoms with van der Waals surface area (Å²) in [5.74, 6) is -0.122. The third kappa shape index (κ3) is 2.41. The molecule has 1 fully saturated rings. The van der Waals surface area contributed by atoms with Gasteiger partial charge in [0.1, 0.15) is 5.38 Å². The van der Waals surface area contributed by atoms with Crippen molar-refractivity contribution in [3.05, 3.63) is 0 Å². The molecular formula is C10H16Cl2O2. The number of alkyl halides is 2. The maximum absolute atomic E-state index is 11.5. The van der Waals surface area contributed by atoms with E-state index >= 15 is 0 Å². The molecule has 3 unspecified atom stereocenters. The van der Waals surface area contributed by atoms with Crippen LogP contribution in [0, 0.1) is 5.92 Å². The van der Waals surface area contributed by atoms with Gasteiger partial charge in [-0.05, 0) is 33.1 Å². The van der Waals surface area contributed by atoms with Crippen LogP contribution in [0.2, 0.25) is 0 Å². The van der Waals surface area contributed by atoms with E-state index in [2.05, 4.69) is 0 Å². The highest BCUT2D eigenvalue weighted by molar-refractivity contribution is 6.32. The van der Waals surface area contributed by atoms with E-state index in [9.17, 15) is 9.90 Å². The number of hydrogen-bond acceptors (Lipinski definition) is 2. The molecule has 1 rings (SSSR count). The summed E-state index contributed by atoms with van der Waals surface area (Å²) in [4.78, 5) is 11.0. The van der Waals surface area contributed by atoms with Crippen molar-refractivity contribution < 1.29 is 9.90 Å². The molecule has 0 heterocycles. The Morgan fingerprint density at radius 3 is 2.43 bits per heavy atom. The van der Waals surface area contributed by atoms with Gasteiger partial charge in [-0.15, -0.1) is 23.2 Å². The van der Waals surface area contributed by atoms with Crippen LogP contribution in [0.5, 0.6) is 0 Å². The van der Waals surface area contributed by atoms with Crippen LogP contribution in [0.25, 0.3) is 0 Å². The second-order valence-corrected chi connectivity index (χ2v) is 6.27. The molecule has 3 atom stereocenters. The molecule has 0 aliphatic heterocycles. The Labute approximate surface area is 94.6 Å². The summed E-state index contributed by atoms with van der Waals surface area (Å²) in [6.07, 6.45) is 0.838. The summed E-state index contributed by atoms with van der Waals surface area (Å²) in [6.45, 7) is 5.31. The van der Waals surface area contributed by atoms with Crippen LogP contribution >= 0.6 is 23.2 Å². The van der Waals surface area contributed by atoms with Crippen molar-refractivity contribution in [2.75, 3.05) is 0 Å². The van der Waals surface area contributed by atoms with Gasteiger partial charge in [0.2, 0.25) is 0 Å². The Morgan fingerprint density at radius 2 is 2.07 bits per heavy atom. The fourth-order valence-corrected chi connectivity index (χ4v) is 2.19. The van der Waals surface area contributed by atoms with Crippen molar-refractivity contribution in [3.63, 3.8) is 0 Å². The molecule has 0 bridgehead atoms. The van der Waals surface area contributed by atoms with Crippen molar-refractivity contribution in [1.82, 2.24) is 0 Å². The van der Waals surface area contributed by atoms with Crippen molar-refractivity contribution in [3.8, 4) is 0 Å². The van der Waals surface area contributed by atoms with Gasteiger partial charge in [0, 0.05) is 11.3 Å². The minimum absolute atomic E-state index is 0.0123. The van der Waals surface area contributed by atoms with Crippen LogP contribution in [-0.4, -0.2) is 26.7 Å². The first-order chi connectivity index (χ1) is 6.14. The number of rotatable bonds is 1. The molecule has 0 aromatic heterocycles. The van der Waals surface area contributed by atoms with E-state index in [-0.39, 0.29) is 11.7 Å². The summed E-state index contributed by atoms with van der Waals surface area (Å²) >= 11 is 12.0. The zero-order chi connectivity index (χ0) is 11.1. The van der Waals surface area contributed by atoms with Gasteiger partial charge in [0.15, 0.2) is 5.78 Å². The van der Waals surface area contributed by atoms with Gasteiger partial charge in [-0.1, -0.05) is 0 Å². The van der Waals surface area contributed by atoms with E-state index in [0.29, 0.717) is 12.8 Å². The molecule has 0 aromatic rings. The molecule has 1 aliphatic rings. The molecule has 1 saturated carbocycles. The zero-order valence-electron chi connectivity index (χ0n) is 8.68. The predicted octanol–water partition coefficient (Wildman–Crippen LogP) is 2.34. The molecule has 0 radical (unpaired) electrons. The highest BCUT2D eigenvalue weighted by Gasteiger charge is 2.46. The second-order valence-electron chi connectivity index (χ2n) is 4.86. The number of ketones is 1.